The number of hydrogen-bond donors (Lipinski definition) is 0. The Morgan fingerprint density at radius 1 is 1.20 bits per heavy atom. The van der Waals surface area contributed by atoms with Gasteiger partial charge in [-0.3, -0.25) is 4.79 Å². The Kier molecular flexibility index (Phi) is 5.43. The van der Waals surface area contributed by atoms with Crippen molar-refractivity contribution in [3.63, 3.8) is 0 Å². The molecule has 0 spiro atoms. The Hall–Kier alpha value is -2.02. The number of benzene rings is 1. The van der Waals surface area contributed by atoms with Crippen LogP contribution in [0.25, 0.3) is 0 Å². The van der Waals surface area contributed by atoms with Crippen LogP contribution in [-0.4, -0.2) is 30.5 Å². The lowest BCUT2D eigenvalue weighted by Gasteiger charge is -2.20. The van der Waals surface area contributed by atoms with Crippen molar-refractivity contribution in [2.75, 3.05) is 19.7 Å². The number of amides is 1. The SMILES string of the molecule is N#CCc1ccc(OCCN2CCCCCC2=O)cc1. The standard InChI is InChI=1S/C16H20N2O2/c17-10-9-14-5-7-15(8-6-14)20-13-12-18-11-3-1-2-4-16(18)19/h5-8H,1-4,9,11-13H2. The number of carbonyl (C=O) groups is 1. The highest BCUT2D eigenvalue weighted by Crippen LogP contribution is 2.14. The lowest BCUT2D eigenvalue weighted by molar-refractivity contribution is -0.131. The summed E-state index contributed by atoms with van der Waals surface area (Å²) in [5.41, 5.74) is 0.988. The van der Waals surface area contributed by atoms with Gasteiger partial charge in [0.1, 0.15) is 12.4 Å². The highest BCUT2D eigenvalue weighted by atomic mass is 16.5. The zero-order valence-electron chi connectivity index (χ0n) is 11.7. The largest absolute Gasteiger partial charge is 0.492 e. The van der Waals surface area contributed by atoms with Gasteiger partial charge in [-0.15, -0.1) is 0 Å². The molecule has 0 atom stereocenters. The van der Waals surface area contributed by atoms with Gasteiger partial charge in [-0.2, -0.15) is 5.26 Å². The first-order valence-electron chi connectivity index (χ1n) is 7.16. The molecule has 0 N–H and O–H groups in total. The molecule has 0 bridgehead atoms. The van der Waals surface area contributed by atoms with E-state index in [0.29, 0.717) is 26.0 Å². The third-order valence-corrected chi connectivity index (χ3v) is 3.51. The molecular weight excluding hydrogens is 252 g/mol. The lowest BCUT2D eigenvalue weighted by atomic mass is 10.2. The summed E-state index contributed by atoms with van der Waals surface area (Å²) >= 11 is 0. The average Bonchev–Trinajstić information content (AvgIpc) is 2.66. The maximum absolute atomic E-state index is 11.8. The second kappa shape index (κ2) is 7.54. The first kappa shape index (κ1) is 14.4. The molecule has 0 aliphatic carbocycles. The smallest absolute Gasteiger partial charge is 0.222 e. The molecule has 20 heavy (non-hydrogen) atoms. The number of carbonyl (C=O) groups excluding carboxylic acids is 1. The molecule has 0 radical (unpaired) electrons. The van der Waals surface area contributed by atoms with Crippen LogP contribution in [0, 0.1) is 11.3 Å². The topological polar surface area (TPSA) is 53.3 Å². The minimum atomic E-state index is 0.246. The summed E-state index contributed by atoms with van der Waals surface area (Å²) in [7, 11) is 0. The molecule has 1 aromatic rings. The molecule has 1 aliphatic heterocycles. The Balaban J connectivity index is 1.77. The van der Waals surface area contributed by atoms with Gasteiger partial charge >= 0.3 is 0 Å². The Morgan fingerprint density at radius 3 is 2.75 bits per heavy atom. The normalized spacial score (nSPS) is 15.6. The van der Waals surface area contributed by atoms with Gasteiger partial charge in [-0.05, 0) is 30.5 Å². The van der Waals surface area contributed by atoms with Crippen molar-refractivity contribution in [2.45, 2.75) is 32.1 Å². The van der Waals surface area contributed by atoms with Gasteiger partial charge in [0, 0.05) is 13.0 Å². The van der Waals surface area contributed by atoms with E-state index >= 15 is 0 Å². The van der Waals surface area contributed by atoms with E-state index in [9.17, 15) is 4.79 Å². The Labute approximate surface area is 120 Å². The van der Waals surface area contributed by atoms with Crippen LogP contribution in [0.3, 0.4) is 0 Å². The molecule has 1 fully saturated rings. The van der Waals surface area contributed by atoms with E-state index in [2.05, 4.69) is 6.07 Å². The monoisotopic (exact) mass is 272 g/mol. The van der Waals surface area contributed by atoms with Gasteiger partial charge < -0.3 is 9.64 Å². The molecule has 1 aromatic carbocycles. The van der Waals surface area contributed by atoms with Crippen molar-refractivity contribution in [2.24, 2.45) is 0 Å². The van der Waals surface area contributed by atoms with Crippen LogP contribution < -0.4 is 4.74 Å². The summed E-state index contributed by atoms with van der Waals surface area (Å²) in [4.78, 5) is 13.7. The van der Waals surface area contributed by atoms with Crippen LogP contribution in [0.5, 0.6) is 5.75 Å². The predicted octanol–water partition coefficient (Wildman–Crippen LogP) is 2.53. The molecule has 1 heterocycles. The first-order valence-corrected chi connectivity index (χ1v) is 7.16. The number of nitriles is 1. The summed E-state index contributed by atoms with van der Waals surface area (Å²) in [6.07, 6.45) is 4.33. The molecule has 1 amide bonds. The molecule has 4 nitrogen and oxygen atoms in total. The summed E-state index contributed by atoms with van der Waals surface area (Å²) in [6.45, 7) is 2.02. The Bertz CT molecular complexity index is 476. The van der Waals surface area contributed by atoms with Crippen LogP contribution in [-0.2, 0) is 11.2 Å². The van der Waals surface area contributed by atoms with Crippen LogP contribution in [0.15, 0.2) is 24.3 Å². The zero-order chi connectivity index (χ0) is 14.2. The van der Waals surface area contributed by atoms with Crippen molar-refractivity contribution in [1.82, 2.24) is 4.90 Å². The van der Waals surface area contributed by atoms with Crippen molar-refractivity contribution >= 4 is 5.91 Å². The van der Waals surface area contributed by atoms with Crippen molar-refractivity contribution in [3.05, 3.63) is 29.8 Å². The number of nitrogens with zero attached hydrogens (tertiary/aromatic N) is 2. The van der Waals surface area contributed by atoms with Crippen LogP contribution in [0.2, 0.25) is 0 Å². The maximum Gasteiger partial charge on any atom is 0.222 e. The summed E-state index contributed by atoms with van der Waals surface area (Å²) < 4.78 is 5.65. The predicted molar refractivity (Wildman–Crippen MR) is 76.3 cm³/mol. The number of hydrogen-bond acceptors (Lipinski definition) is 3. The summed E-state index contributed by atoms with van der Waals surface area (Å²) in [5.74, 6) is 1.03. The van der Waals surface area contributed by atoms with Crippen molar-refractivity contribution in [3.8, 4) is 11.8 Å². The zero-order valence-corrected chi connectivity index (χ0v) is 11.7. The van der Waals surface area contributed by atoms with Gasteiger partial charge in [0.2, 0.25) is 5.91 Å². The average molecular weight is 272 g/mol. The van der Waals surface area contributed by atoms with Gasteiger partial charge in [0.05, 0.1) is 19.0 Å². The molecular formula is C16H20N2O2. The van der Waals surface area contributed by atoms with Gasteiger partial charge in [-0.25, -0.2) is 0 Å². The van der Waals surface area contributed by atoms with Crippen LogP contribution >= 0.6 is 0 Å². The molecule has 2 rings (SSSR count). The minimum Gasteiger partial charge on any atom is -0.492 e. The van der Waals surface area contributed by atoms with E-state index in [1.54, 1.807) is 0 Å². The lowest BCUT2D eigenvalue weighted by Crippen LogP contribution is -2.34. The maximum atomic E-state index is 11.8. The first-order chi connectivity index (χ1) is 9.79. The van der Waals surface area contributed by atoms with Crippen molar-refractivity contribution < 1.29 is 9.53 Å². The number of ether oxygens (including phenoxy) is 1. The molecule has 1 aliphatic rings. The van der Waals surface area contributed by atoms with E-state index in [-0.39, 0.29) is 5.91 Å². The third kappa shape index (κ3) is 4.27. The van der Waals surface area contributed by atoms with E-state index in [4.69, 9.17) is 10.00 Å². The molecule has 0 aromatic heterocycles. The quantitative estimate of drug-likeness (QED) is 0.827. The molecule has 4 heteroatoms. The highest BCUT2D eigenvalue weighted by Gasteiger charge is 2.15. The van der Waals surface area contributed by atoms with Gasteiger partial charge in [0.15, 0.2) is 0 Å². The van der Waals surface area contributed by atoms with E-state index < -0.39 is 0 Å². The fraction of sp³-hybridized carbons (Fsp3) is 0.500. The third-order valence-electron chi connectivity index (χ3n) is 3.51. The Morgan fingerprint density at radius 2 is 2.00 bits per heavy atom. The second-order valence-electron chi connectivity index (χ2n) is 5.02. The van der Waals surface area contributed by atoms with E-state index in [1.165, 1.54) is 0 Å². The molecule has 106 valence electrons. The number of likely N-dealkylation sites (tertiary alicyclic amines) is 1. The second-order valence-corrected chi connectivity index (χ2v) is 5.02. The van der Waals surface area contributed by atoms with E-state index in [0.717, 1.165) is 37.1 Å². The molecule has 0 saturated carbocycles. The molecule has 1 saturated heterocycles. The van der Waals surface area contributed by atoms with Crippen molar-refractivity contribution in [1.29, 1.82) is 5.26 Å². The molecule has 0 unspecified atom stereocenters. The summed E-state index contributed by atoms with van der Waals surface area (Å²) in [6, 6.07) is 9.66. The number of rotatable bonds is 5. The van der Waals surface area contributed by atoms with Gasteiger partial charge in [0.25, 0.3) is 0 Å². The van der Waals surface area contributed by atoms with Gasteiger partial charge in [-0.1, -0.05) is 18.6 Å². The summed E-state index contributed by atoms with van der Waals surface area (Å²) in [5, 5.41) is 8.60. The van der Waals surface area contributed by atoms with Crippen LogP contribution in [0.4, 0.5) is 0 Å². The fourth-order valence-corrected chi connectivity index (χ4v) is 2.34. The minimum absolute atomic E-state index is 0.246. The fourth-order valence-electron chi connectivity index (χ4n) is 2.34. The van der Waals surface area contributed by atoms with Crippen LogP contribution in [0.1, 0.15) is 31.2 Å². The highest BCUT2D eigenvalue weighted by molar-refractivity contribution is 5.76. The van der Waals surface area contributed by atoms with E-state index in [1.807, 2.05) is 29.2 Å².